The first kappa shape index (κ1) is 26.4. The van der Waals surface area contributed by atoms with Crippen molar-refractivity contribution < 1.29 is 14.4 Å². The number of hydrogen-bond acceptors (Lipinski definition) is 4. The van der Waals surface area contributed by atoms with Crippen molar-refractivity contribution in [2.45, 2.75) is 50.6 Å². The molecule has 2 heterocycles. The van der Waals surface area contributed by atoms with Gasteiger partial charge in [0.2, 0.25) is 11.8 Å². The topological polar surface area (TPSA) is 91.4 Å². The van der Waals surface area contributed by atoms with Crippen LogP contribution in [-0.2, 0) is 16.0 Å². The molecule has 2 atom stereocenters. The SMILES string of the molecule is O=C(N[C@@H](Cc1ccccc1)C(=O)N1CC=CCC1c1cccnc1)c1cccc(NC(=O)C2CCCC2)c1. The van der Waals surface area contributed by atoms with E-state index >= 15 is 0 Å². The van der Waals surface area contributed by atoms with Gasteiger partial charge < -0.3 is 15.5 Å². The number of nitrogens with zero attached hydrogens (tertiary/aromatic N) is 2. The third-order valence-corrected chi connectivity index (χ3v) is 7.56. The molecule has 1 saturated carbocycles. The Morgan fingerprint density at radius 2 is 1.77 bits per heavy atom. The molecule has 1 aliphatic carbocycles. The minimum atomic E-state index is -0.762. The number of carbonyl (C=O) groups is 3. The number of rotatable bonds is 8. The Morgan fingerprint density at radius 1 is 0.949 bits per heavy atom. The third-order valence-electron chi connectivity index (χ3n) is 7.56. The average molecular weight is 523 g/mol. The van der Waals surface area contributed by atoms with E-state index in [9.17, 15) is 14.4 Å². The number of aromatic nitrogens is 1. The van der Waals surface area contributed by atoms with E-state index in [0.29, 0.717) is 30.6 Å². The lowest BCUT2D eigenvalue weighted by atomic mass is 9.97. The molecule has 1 fully saturated rings. The molecule has 0 spiro atoms. The third kappa shape index (κ3) is 6.60. The summed E-state index contributed by atoms with van der Waals surface area (Å²) in [4.78, 5) is 46.2. The molecular weight excluding hydrogens is 488 g/mol. The number of amides is 3. The summed E-state index contributed by atoms with van der Waals surface area (Å²) in [6.45, 7) is 0.461. The number of carbonyl (C=O) groups excluding carboxylic acids is 3. The second-order valence-corrected chi connectivity index (χ2v) is 10.3. The molecule has 7 heteroatoms. The maximum Gasteiger partial charge on any atom is 0.252 e. The minimum Gasteiger partial charge on any atom is -0.340 e. The number of anilines is 1. The lowest BCUT2D eigenvalue weighted by Gasteiger charge is -2.36. The highest BCUT2D eigenvalue weighted by atomic mass is 16.2. The Morgan fingerprint density at radius 3 is 2.54 bits per heavy atom. The molecule has 0 saturated heterocycles. The molecule has 2 aliphatic rings. The summed E-state index contributed by atoms with van der Waals surface area (Å²) < 4.78 is 0. The molecule has 3 aromatic rings. The fraction of sp³-hybridized carbons (Fsp3) is 0.312. The van der Waals surface area contributed by atoms with Gasteiger partial charge in [0.1, 0.15) is 6.04 Å². The first-order valence-electron chi connectivity index (χ1n) is 13.7. The molecule has 39 heavy (non-hydrogen) atoms. The van der Waals surface area contributed by atoms with Crippen LogP contribution in [0.4, 0.5) is 5.69 Å². The number of pyridine rings is 1. The van der Waals surface area contributed by atoms with Crippen molar-refractivity contribution in [2.24, 2.45) is 5.92 Å². The van der Waals surface area contributed by atoms with Crippen molar-refractivity contribution in [1.29, 1.82) is 0 Å². The van der Waals surface area contributed by atoms with Crippen LogP contribution in [-0.4, -0.2) is 40.2 Å². The molecule has 1 unspecified atom stereocenters. The largest absolute Gasteiger partial charge is 0.340 e. The van der Waals surface area contributed by atoms with Crippen LogP contribution < -0.4 is 10.6 Å². The predicted molar refractivity (Wildman–Crippen MR) is 151 cm³/mol. The summed E-state index contributed by atoms with van der Waals surface area (Å²) in [6.07, 6.45) is 12.6. The van der Waals surface area contributed by atoms with Crippen molar-refractivity contribution in [3.05, 3.63) is 108 Å². The molecule has 0 radical (unpaired) electrons. The van der Waals surface area contributed by atoms with Gasteiger partial charge in [0, 0.05) is 42.5 Å². The fourth-order valence-electron chi connectivity index (χ4n) is 5.46. The van der Waals surface area contributed by atoms with E-state index in [2.05, 4.69) is 21.7 Å². The molecule has 1 aliphatic heterocycles. The van der Waals surface area contributed by atoms with Crippen LogP contribution in [0.2, 0.25) is 0 Å². The van der Waals surface area contributed by atoms with Gasteiger partial charge in [-0.2, -0.15) is 0 Å². The van der Waals surface area contributed by atoms with Gasteiger partial charge in [0.15, 0.2) is 0 Å². The Balaban J connectivity index is 1.35. The van der Waals surface area contributed by atoms with Gasteiger partial charge in [0.05, 0.1) is 6.04 Å². The number of hydrogen-bond donors (Lipinski definition) is 2. The maximum atomic E-state index is 14.0. The predicted octanol–water partition coefficient (Wildman–Crippen LogP) is 5.08. The standard InChI is InChI=1S/C32H34N4O3/c37-30(24-12-4-5-13-24)34-27-16-8-14-25(21-27)31(38)35-28(20-23-10-2-1-3-11-23)32(39)36-19-7-6-17-29(36)26-15-9-18-33-22-26/h1-3,6-11,14-16,18,21-22,24,28-29H,4-5,12-13,17,19-20H2,(H,34,37)(H,35,38)/t28-,29?/m0/s1. The molecule has 2 aromatic carbocycles. The quantitative estimate of drug-likeness (QED) is 0.404. The highest BCUT2D eigenvalue weighted by molar-refractivity contribution is 6.00. The fourth-order valence-corrected chi connectivity index (χ4v) is 5.46. The molecule has 2 N–H and O–H groups in total. The Kier molecular flexibility index (Phi) is 8.46. The van der Waals surface area contributed by atoms with Crippen LogP contribution in [0.15, 0.2) is 91.3 Å². The summed E-state index contributed by atoms with van der Waals surface area (Å²) in [5, 5.41) is 5.97. The lowest BCUT2D eigenvalue weighted by Crippen LogP contribution is -2.51. The summed E-state index contributed by atoms with van der Waals surface area (Å²) >= 11 is 0. The van der Waals surface area contributed by atoms with Crippen LogP contribution in [0.3, 0.4) is 0 Å². The summed E-state index contributed by atoms with van der Waals surface area (Å²) in [6, 6.07) is 19.6. The van der Waals surface area contributed by atoms with Gasteiger partial charge in [-0.3, -0.25) is 19.4 Å². The monoisotopic (exact) mass is 522 g/mol. The molecule has 1 aromatic heterocycles. The van der Waals surface area contributed by atoms with Crippen LogP contribution in [0.5, 0.6) is 0 Å². The zero-order valence-corrected chi connectivity index (χ0v) is 22.0. The molecule has 7 nitrogen and oxygen atoms in total. The number of nitrogens with one attached hydrogen (secondary N) is 2. The Bertz CT molecular complexity index is 1320. The van der Waals surface area contributed by atoms with Crippen molar-refractivity contribution >= 4 is 23.4 Å². The van der Waals surface area contributed by atoms with E-state index in [1.54, 1.807) is 36.7 Å². The van der Waals surface area contributed by atoms with E-state index in [0.717, 1.165) is 36.8 Å². The van der Waals surface area contributed by atoms with Crippen molar-refractivity contribution in [3.8, 4) is 0 Å². The highest BCUT2D eigenvalue weighted by Gasteiger charge is 2.32. The Hall–Kier alpha value is -4.26. The zero-order valence-electron chi connectivity index (χ0n) is 22.0. The van der Waals surface area contributed by atoms with Gasteiger partial charge in [-0.25, -0.2) is 0 Å². The highest BCUT2D eigenvalue weighted by Crippen LogP contribution is 2.29. The van der Waals surface area contributed by atoms with Gasteiger partial charge in [-0.15, -0.1) is 0 Å². The van der Waals surface area contributed by atoms with Gasteiger partial charge in [-0.1, -0.05) is 67.5 Å². The smallest absolute Gasteiger partial charge is 0.252 e. The van der Waals surface area contributed by atoms with E-state index in [-0.39, 0.29) is 29.7 Å². The summed E-state index contributed by atoms with van der Waals surface area (Å²) in [5.74, 6) is -0.466. The van der Waals surface area contributed by atoms with E-state index in [1.165, 1.54) is 0 Å². The normalized spacial score (nSPS) is 17.9. The van der Waals surface area contributed by atoms with E-state index < -0.39 is 6.04 Å². The van der Waals surface area contributed by atoms with Crippen molar-refractivity contribution in [3.63, 3.8) is 0 Å². The molecule has 200 valence electrons. The van der Waals surface area contributed by atoms with Crippen LogP contribution >= 0.6 is 0 Å². The van der Waals surface area contributed by atoms with Gasteiger partial charge in [0.25, 0.3) is 5.91 Å². The molecular formula is C32H34N4O3. The minimum absolute atomic E-state index is 0.00165. The molecule has 3 amide bonds. The van der Waals surface area contributed by atoms with Crippen molar-refractivity contribution in [1.82, 2.24) is 15.2 Å². The number of benzene rings is 2. The zero-order chi connectivity index (χ0) is 27.0. The summed E-state index contributed by atoms with van der Waals surface area (Å²) in [7, 11) is 0. The average Bonchev–Trinajstić information content (AvgIpc) is 3.53. The van der Waals surface area contributed by atoms with Crippen LogP contribution in [0.1, 0.15) is 59.6 Å². The van der Waals surface area contributed by atoms with E-state index in [4.69, 9.17) is 0 Å². The second kappa shape index (κ2) is 12.5. The molecule has 0 bridgehead atoms. The second-order valence-electron chi connectivity index (χ2n) is 10.3. The lowest BCUT2D eigenvalue weighted by molar-refractivity contribution is -0.135. The molecule has 5 rings (SSSR count). The van der Waals surface area contributed by atoms with Gasteiger partial charge >= 0.3 is 0 Å². The van der Waals surface area contributed by atoms with Gasteiger partial charge in [-0.05, 0) is 54.7 Å². The van der Waals surface area contributed by atoms with E-state index in [1.807, 2.05) is 53.4 Å². The van der Waals surface area contributed by atoms with Crippen LogP contribution in [0, 0.1) is 5.92 Å². The first-order chi connectivity index (χ1) is 19.1. The van der Waals surface area contributed by atoms with Crippen molar-refractivity contribution in [2.75, 3.05) is 11.9 Å². The summed E-state index contributed by atoms with van der Waals surface area (Å²) in [5.41, 5.74) is 2.90. The first-order valence-corrected chi connectivity index (χ1v) is 13.7. The Labute approximate surface area is 229 Å². The maximum absolute atomic E-state index is 14.0. The van der Waals surface area contributed by atoms with Crippen LogP contribution in [0.25, 0.3) is 0 Å².